The summed E-state index contributed by atoms with van der Waals surface area (Å²) in [5, 5.41) is 13.9. The van der Waals surface area contributed by atoms with Crippen LogP contribution in [0.4, 0.5) is 11.6 Å². The number of amides is 1. The second kappa shape index (κ2) is 8.73. The molecule has 23 heavy (non-hydrogen) atoms. The van der Waals surface area contributed by atoms with Crippen LogP contribution in [0.1, 0.15) is 26.7 Å². The second-order valence-corrected chi connectivity index (χ2v) is 5.22. The summed E-state index contributed by atoms with van der Waals surface area (Å²) in [4.78, 5) is 11.8. The molecule has 1 aromatic heterocycles. The summed E-state index contributed by atoms with van der Waals surface area (Å²) in [7, 11) is 0. The number of nitrogens with zero attached hydrogens (tertiary/aromatic N) is 2. The molecule has 0 aliphatic rings. The number of anilines is 2. The fourth-order valence-electron chi connectivity index (χ4n) is 1.81. The van der Waals surface area contributed by atoms with Gasteiger partial charge in [-0.05, 0) is 37.6 Å². The van der Waals surface area contributed by atoms with Gasteiger partial charge in [0.25, 0.3) is 0 Å². The van der Waals surface area contributed by atoms with E-state index in [0.29, 0.717) is 24.3 Å². The van der Waals surface area contributed by atoms with Gasteiger partial charge in [0.2, 0.25) is 5.91 Å². The second-order valence-electron chi connectivity index (χ2n) is 5.22. The molecule has 2 aromatic rings. The number of hydrogen-bond donors (Lipinski definition) is 2. The maximum atomic E-state index is 11.8. The van der Waals surface area contributed by atoms with Crippen molar-refractivity contribution in [1.29, 1.82) is 0 Å². The number of carbonyl (C=O) groups excluding carboxylic acids is 1. The molecule has 1 unspecified atom stereocenters. The Morgan fingerprint density at radius 1 is 1.13 bits per heavy atom. The van der Waals surface area contributed by atoms with Gasteiger partial charge in [-0.1, -0.05) is 25.1 Å². The lowest BCUT2D eigenvalue weighted by Crippen LogP contribution is -2.17. The Morgan fingerprint density at radius 3 is 2.48 bits per heavy atom. The zero-order valence-electron chi connectivity index (χ0n) is 13.5. The van der Waals surface area contributed by atoms with Gasteiger partial charge in [0.05, 0.1) is 13.0 Å². The first kappa shape index (κ1) is 16.7. The van der Waals surface area contributed by atoms with E-state index in [0.717, 1.165) is 12.2 Å². The number of benzene rings is 1. The van der Waals surface area contributed by atoms with Crippen molar-refractivity contribution in [2.24, 2.45) is 0 Å². The standard InChI is InChI=1S/C17H22N4O2/c1-3-13(2)18-15-9-10-16(21-20-15)19-17(22)11-12-23-14-7-5-4-6-8-14/h4-10,13H,3,11-12H2,1-2H3,(H,18,20)(H,19,21,22). The molecule has 1 atom stereocenters. The first-order valence-corrected chi connectivity index (χ1v) is 7.75. The van der Waals surface area contributed by atoms with Crippen LogP contribution in [0.25, 0.3) is 0 Å². The van der Waals surface area contributed by atoms with Crippen molar-refractivity contribution < 1.29 is 9.53 Å². The Kier molecular flexibility index (Phi) is 6.35. The van der Waals surface area contributed by atoms with Gasteiger partial charge in [-0.25, -0.2) is 0 Å². The SMILES string of the molecule is CCC(C)Nc1ccc(NC(=O)CCOc2ccccc2)nn1. The third-order valence-electron chi connectivity index (χ3n) is 3.28. The molecule has 6 heteroatoms. The lowest BCUT2D eigenvalue weighted by Gasteiger charge is -2.11. The maximum Gasteiger partial charge on any atom is 0.229 e. The number of carbonyl (C=O) groups is 1. The quantitative estimate of drug-likeness (QED) is 0.783. The normalized spacial score (nSPS) is 11.6. The van der Waals surface area contributed by atoms with Gasteiger partial charge in [-0.3, -0.25) is 4.79 Å². The van der Waals surface area contributed by atoms with Crippen LogP contribution in [0.3, 0.4) is 0 Å². The highest BCUT2D eigenvalue weighted by molar-refractivity contribution is 5.89. The van der Waals surface area contributed by atoms with E-state index in [4.69, 9.17) is 4.74 Å². The van der Waals surface area contributed by atoms with E-state index in [2.05, 4.69) is 34.7 Å². The molecule has 0 bridgehead atoms. The Balaban J connectivity index is 1.74. The Labute approximate surface area is 136 Å². The molecule has 0 spiro atoms. The predicted molar refractivity (Wildman–Crippen MR) is 90.6 cm³/mol. The van der Waals surface area contributed by atoms with Gasteiger partial charge in [-0.15, -0.1) is 10.2 Å². The Bertz CT molecular complexity index is 602. The van der Waals surface area contributed by atoms with Crippen LogP contribution in [-0.4, -0.2) is 28.8 Å². The van der Waals surface area contributed by atoms with Crippen LogP contribution in [0.15, 0.2) is 42.5 Å². The van der Waals surface area contributed by atoms with Crippen molar-refractivity contribution in [3.05, 3.63) is 42.5 Å². The van der Waals surface area contributed by atoms with E-state index in [1.165, 1.54) is 0 Å². The third kappa shape index (κ3) is 5.94. The van der Waals surface area contributed by atoms with Gasteiger partial charge < -0.3 is 15.4 Å². The van der Waals surface area contributed by atoms with Crippen molar-refractivity contribution in [2.75, 3.05) is 17.2 Å². The van der Waals surface area contributed by atoms with Crippen molar-refractivity contribution in [3.63, 3.8) is 0 Å². The minimum Gasteiger partial charge on any atom is -0.493 e. The number of nitrogens with one attached hydrogen (secondary N) is 2. The van der Waals surface area contributed by atoms with E-state index >= 15 is 0 Å². The summed E-state index contributed by atoms with van der Waals surface area (Å²) in [6, 6.07) is 13.3. The van der Waals surface area contributed by atoms with Crippen LogP contribution < -0.4 is 15.4 Å². The Morgan fingerprint density at radius 2 is 1.83 bits per heavy atom. The van der Waals surface area contributed by atoms with E-state index in [1.54, 1.807) is 12.1 Å². The van der Waals surface area contributed by atoms with Crippen LogP contribution in [0, 0.1) is 0 Å². The maximum absolute atomic E-state index is 11.8. The van der Waals surface area contributed by atoms with E-state index in [9.17, 15) is 4.79 Å². The summed E-state index contributed by atoms with van der Waals surface area (Å²) in [6.07, 6.45) is 1.25. The van der Waals surface area contributed by atoms with Gasteiger partial charge >= 0.3 is 0 Å². The molecule has 0 fully saturated rings. The number of para-hydroxylation sites is 1. The molecular formula is C17H22N4O2. The molecule has 0 saturated carbocycles. The Hall–Kier alpha value is -2.63. The topological polar surface area (TPSA) is 76.1 Å². The fourth-order valence-corrected chi connectivity index (χ4v) is 1.81. The minimum atomic E-state index is -0.155. The number of hydrogen-bond acceptors (Lipinski definition) is 5. The lowest BCUT2D eigenvalue weighted by molar-refractivity contribution is -0.116. The van der Waals surface area contributed by atoms with Gasteiger partial charge in [0.15, 0.2) is 5.82 Å². The molecule has 0 radical (unpaired) electrons. The summed E-state index contributed by atoms with van der Waals surface area (Å²) < 4.78 is 5.48. The fraction of sp³-hybridized carbons (Fsp3) is 0.353. The zero-order chi connectivity index (χ0) is 16.5. The van der Waals surface area contributed by atoms with Crippen LogP contribution >= 0.6 is 0 Å². The average molecular weight is 314 g/mol. The largest absolute Gasteiger partial charge is 0.493 e. The highest BCUT2D eigenvalue weighted by atomic mass is 16.5. The average Bonchev–Trinajstić information content (AvgIpc) is 2.57. The van der Waals surface area contributed by atoms with Crippen molar-refractivity contribution in [3.8, 4) is 5.75 Å². The highest BCUT2D eigenvalue weighted by Gasteiger charge is 2.06. The molecule has 2 N–H and O–H groups in total. The molecule has 122 valence electrons. The minimum absolute atomic E-state index is 0.155. The summed E-state index contributed by atoms with van der Waals surface area (Å²) in [6.45, 7) is 4.48. The molecular weight excluding hydrogens is 292 g/mol. The molecule has 0 aliphatic heterocycles. The van der Waals surface area contributed by atoms with Gasteiger partial charge in [0, 0.05) is 6.04 Å². The summed E-state index contributed by atoms with van der Waals surface area (Å²) >= 11 is 0. The van der Waals surface area contributed by atoms with Crippen LogP contribution in [0.2, 0.25) is 0 Å². The highest BCUT2D eigenvalue weighted by Crippen LogP contribution is 2.10. The summed E-state index contributed by atoms with van der Waals surface area (Å²) in [5.74, 6) is 1.73. The number of ether oxygens (including phenoxy) is 1. The molecule has 1 heterocycles. The molecule has 0 aliphatic carbocycles. The molecule has 1 aromatic carbocycles. The summed E-state index contributed by atoms with van der Waals surface area (Å²) in [5.41, 5.74) is 0. The smallest absolute Gasteiger partial charge is 0.229 e. The lowest BCUT2D eigenvalue weighted by atomic mass is 10.2. The van der Waals surface area contributed by atoms with Crippen molar-refractivity contribution >= 4 is 17.5 Å². The van der Waals surface area contributed by atoms with Crippen molar-refractivity contribution in [2.45, 2.75) is 32.7 Å². The van der Waals surface area contributed by atoms with Gasteiger partial charge in [0.1, 0.15) is 11.6 Å². The molecule has 6 nitrogen and oxygen atoms in total. The molecule has 0 saturated heterocycles. The van der Waals surface area contributed by atoms with E-state index in [-0.39, 0.29) is 12.3 Å². The van der Waals surface area contributed by atoms with E-state index < -0.39 is 0 Å². The molecule has 2 rings (SSSR count). The van der Waals surface area contributed by atoms with E-state index in [1.807, 2.05) is 30.3 Å². The zero-order valence-corrected chi connectivity index (χ0v) is 13.5. The first-order chi connectivity index (χ1) is 11.2. The predicted octanol–water partition coefficient (Wildman–Crippen LogP) is 3.09. The molecule has 1 amide bonds. The number of aromatic nitrogens is 2. The van der Waals surface area contributed by atoms with Gasteiger partial charge in [-0.2, -0.15) is 0 Å². The third-order valence-corrected chi connectivity index (χ3v) is 3.28. The monoisotopic (exact) mass is 314 g/mol. The van der Waals surface area contributed by atoms with Crippen molar-refractivity contribution in [1.82, 2.24) is 10.2 Å². The number of rotatable bonds is 8. The van der Waals surface area contributed by atoms with Crippen LogP contribution in [0.5, 0.6) is 5.75 Å². The van der Waals surface area contributed by atoms with Crippen LogP contribution in [-0.2, 0) is 4.79 Å². The first-order valence-electron chi connectivity index (χ1n) is 7.75.